The summed E-state index contributed by atoms with van der Waals surface area (Å²) < 4.78 is 0. The lowest BCUT2D eigenvalue weighted by molar-refractivity contribution is 0.504. The highest BCUT2D eigenvalue weighted by atomic mass is 14.8. The van der Waals surface area contributed by atoms with Gasteiger partial charge in [-0.15, -0.1) is 0 Å². The van der Waals surface area contributed by atoms with E-state index in [0.29, 0.717) is 0 Å². The summed E-state index contributed by atoms with van der Waals surface area (Å²) in [5.41, 5.74) is 10.8. The predicted octanol–water partition coefficient (Wildman–Crippen LogP) is 3.93. The summed E-state index contributed by atoms with van der Waals surface area (Å²) in [5.74, 6) is 0. The van der Waals surface area contributed by atoms with Gasteiger partial charge in [-0.25, -0.2) is 0 Å². The van der Waals surface area contributed by atoms with Crippen molar-refractivity contribution in [3.63, 3.8) is 0 Å². The number of rotatable bonds is 6. The van der Waals surface area contributed by atoms with Crippen LogP contribution in [0, 0.1) is 0 Å². The zero-order chi connectivity index (χ0) is 12.1. The summed E-state index contributed by atoms with van der Waals surface area (Å²) in [6, 6.07) is 0. The summed E-state index contributed by atoms with van der Waals surface area (Å²) >= 11 is 0. The van der Waals surface area contributed by atoms with Crippen LogP contribution in [0.5, 0.6) is 0 Å². The third-order valence-electron chi connectivity index (χ3n) is 3.14. The molecule has 0 saturated heterocycles. The van der Waals surface area contributed by atoms with Crippen molar-refractivity contribution in [1.82, 2.24) is 0 Å². The molecule has 0 aromatic rings. The molecule has 1 saturated carbocycles. The van der Waals surface area contributed by atoms with Gasteiger partial charge in [-0.05, 0) is 6.42 Å². The van der Waals surface area contributed by atoms with E-state index in [4.69, 9.17) is 11.5 Å². The highest BCUT2D eigenvalue weighted by Gasteiger charge is 1.95. The Bertz CT molecular complexity index is 108. The quantitative estimate of drug-likeness (QED) is 0.534. The molecular formula is C14H32N2. The van der Waals surface area contributed by atoms with Crippen molar-refractivity contribution >= 4 is 0 Å². The first-order chi connectivity index (χ1) is 7.77. The van der Waals surface area contributed by atoms with E-state index in [0.717, 1.165) is 6.42 Å². The molecule has 0 amide bonds. The topological polar surface area (TPSA) is 52.0 Å². The fourth-order valence-electron chi connectivity index (χ4n) is 2.04. The minimum absolute atomic E-state index is 0.0957. The van der Waals surface area contributed by atoms with Crippen LogP contribution >= 0.6 is 0 Å². The summed E-state index contributed by atoms with van der Waals surface area (Å²) in [6.45, 7) is 2.22. The first-order valence-electron chi connectivity index (χ1n) is 7.28. The molecule has 0 spiro atoms. The minimum Gasteiger partial charge on any atom is -0.316 e. The van der Waals surface area contributed by atoms with Crippen LogP contribution in [-0.4, -0.2) is 6.17 Å². The molecule has 16 heavy (non-hydrogen) atoms. The van der Waals surface area contributed by atoms with Crippen molar-refractivity contribution < 1.29 is 0 Å². The average molecular weight is 228 g/mol. The van der Waals surface area contributed by atoms with Crippen LogP contribution < -0.4 is 11.5 Å². The SMILES string of the molecule is C1CCCCC1.CCCCCCCC(N)N. The smallest absolute Gasteiger partial charge is 0.0520 e. The van der Waals surface area contributed by atoms with Gasteiger partial charge >= 0.3 is 0 Å². The standard InChI is InChI=1S/C8H20N2.C6H12/c1-2-3-4-5-6-7-8(9)10;1-2-4-6-5-3-1/h8H,2-7,9-10H2,1H3;1-6H2. The van der Waals surface area contributed by atoms with Crippen LogP contribution in [-0.2, 0) is 0 Å². The molecule has 98 valence electrons. The second-order valence-electron chi connectivity index (χ2n) is 4.99. The van der Waals surface area contributed by atoms with Gasteiger partial charge < -0.3 is 11.5 Å². The number of hydrogen-bond donors (Lipinski definition) is 2. The van der Waals surface area contributed by atoms with Gasteiger partial charge in [0.25, 0.3) is 0 Å². The fraction of sp³-hybridized carbons (Fsp3) is 1.00. The van der Waals surface area contributed by atoms with Crippen molar-refractivity contribution in [2.24, 2.45) is 11.5 Å². The van der Waals surface area contributed by atoms with E-state index < -0.39 is 0 Å². The second-order valence-corrected chi connectivity index (χ2v) is 4.99. The summed E-state index contributed by atoms with van der Waals surface area (Å²) in [7, 11) is 0. The largest absolute Gasteiger partial charge is 0.316 e. The molecule has 0 unspecified atom stereocenters. The zero-order valence-electron chi connectivity index (χ0n) is 11.2. The van der Waals surface area contributed by atoms with Crippen molar-refractivity contribution in [2.75, 3.05) is 0 Å². The van der Waals surface area contributed by atoms with Gasteiger partial charge in [-0.1, -0.05) is 77.6 Å². The third kappa shape index (κ3) is 13.9. The van der Waals surface area contributed by atoms with Crippen molar-refractivity contribution in [3.8, 4) is 0 Å². The Morgan fingerprint density at radius 1 is 0.750 bits per heavy atom. The molecule has 0 radical (unpaired) electrons. The molecular weight excluding hydrogens is 196 g/mol. The van der Waals surface area contributed by atoms with Crippen LogP contribution in [0.25, 0.3) is 0 Å². The van der Waals surface area contributed by atoms with Crippen molar-refractivity contribution in [2.45, 2.75) is 90.1 Å². The van der Waals surface area contributed by atoms with Crippen molar-refractivity contribution in [1.29, 1.82) is 0 Å². The van der Waals surface area contributed by atoms with Crippen LogP contribution in [0.1, 0.15) is 84.0 Å². The third-order valence-corrected chi connectivity index (χ3v) is 3.14. The van der Waals surface area contributed by atoms with E-state index in [1.165, 1.54) is 70.6 Å². The van der Waals surface area contributed by atoms with Gasteiger partial charge in [0.2, 0.25) is 0 Å². The van der Waals surface area contributed by atoms with Gasteiger partial charge in [0.1, 0.15) is 0 Å². The average Bonchev–Trinajstić information content (AvgIpc) is 2.31. The molecule has 1 fully saturated rings. The predicted molar refractivity (Wildman–Crippen MR) is 73.2 cm³/mol. The van der Waals surface area contributed by atoms with Crippen LogP contribution in [0.4, 0.5) is 0 Å². The molecule has 1 rings (SSSR count). The molecule has 0 aliphatic heterocycles. The van der Waals surface area contributed by atoms with E-state index >= 15 is 0 Å². The van der Waals surface area contributed by atoms with E-state index in [1.54, 1.807) is 0 Å². The van der Waals surface area contributed by atoms with E-state index in [-0.39, 0.29) is 6.17 Å². The maximum Gasteiger partial charge on any atom is 0.0520 e. The Hall–Kier alpha value is -0.0800. The second kappa shape index (κ2) is 13.0. The lowest BCUT2D eigenvalue weighted by atomic mass is 10.0. The number of nitrogens with two attached hydrogens (primary N) is 2. The molecule has 2 nitrogen and oxygen atoms in total. The normalized spacial score (nSPS) is 15.8. The number of hydrogen-bond acceptors (Lipinski definition) is 2. The van der Waals surface area contributed by atoms with Gasteiger partial charge in [0.15, 0.2) is 0 Å². The molecule has 1 aliphatic carbocycles. The Balaban J connectivity index is 0.000000315. The van der Waals surface area contributed by atoms with Gasteiger partial charge in [-0.2, -0.15) is 0 Å². The molecule has 4 N–H and O–H groups in total. The molecule has 0 aromatic carbocycles. The van der Waals surface area contributed by atoms with Gasteiger partial charge in [-0.3, -0.25) is 0 Å². The molecule has 0 bridgehead atoms. The summed E-state index contributed by atoms with van der Waals surface area (Å²) in [4.78, 5) is 0. The lowest BCUT2D eigenvalue weighted by Crippen LogP contribution is -2.29. The Morgan fingerprint density at radius 3 is 1.56 bits per heavy atom. The lowest BCUT2D eigenvalue weighted by Gasteiger charge is -2.05. The molecule has 0 aromatic heterocycles. The first kappa shape index (κ1) is 15.9. The maximum absolute atomic E-state index is 5.38. The number of unbranched alkanes of at least 4 members (excludes halogenated alkanes) is 4. The summed E-state index contributed by atoms with van der Waals surface area (Å²) in [5, 5.41) is 0. The van der Waals surface area contributed by atoms with Gasteiger partial charge in [0, 0.05) is 0 Å². The van der Waals surface area contributed by atoms with Crippen LogP contribution in [0.15, 0.2) is 0 Å². The van der Waals surface area contributed by atoms with Crippen LogP contribution in [0.3, 0.4) is 0 Å². The highest BCUT2D eigenvalue weighted by molar-refractivity contribution is 4.51. The molecule has 0 heterocycles. The Morgan fingerprint density at radius 2 is 1.19 bits per heavy atom. The highest BCUT2D eigenvalue weighted by Crippen LogP contribution is 2.15. The summed E-state index contributed by atoms with van der Waals surface area (Å²) in [6.07, 6.45) is 16.3. The monoisotopic (exact) mass is 228 g/mol. The molecule has 1 aliphatic rings. The first-order valence-corrected chi connectivity index (χ1v) is 7.28. The van der Waals surface area contributed by atoms with E-state index in [1.807, 2.05) is 0 Å². The Kier molecular flexibility index (Phi) is 12.9. The minimum atomic E-state index is -0.0957. The van der Waals surface area contributed by atoms with Crippen molar-refractivity contribution in [3.05, 3.63) is 0 Å². The Labute approximate surface area is 102 Å². The van der Waals surface area contributed by atoms with E-state index in [9.17, 15) is 0 Å². The van der Waals surface area contributed by atoms with Gasteiger partial charge in [0.05, 0.1) is 6.17 Å². The molecule has 2 heteroatoms. The van der Waals surface area contributed by atoms with Crippen LogP contribution in [0.2, 0.25) is 0 Å². The maximum atomic E-state index is 5.38. The zero-order valence-corrected chi connectivity index (χ0v) is 11.2. The van der Waals surface area contributed by atoms with E-state index in [2.05, 4.69) is 6.92 Å². The molecule has 0 atom stereocenters. The fourth-order valence-corrected chi connectivity index (χ4v) is 2.04.